The van der Waals surface area contributed by atoms with Gasteiger partial charge in [-0.3, -0.25) is 4.57 Å². The van der Waals surface area contributed by atoms with Gasteiger partial charge >= 0.3 is 6.03 Å². The summed E-state index contributed by atoms with van der Waals surface area (Å²) in [7, 11) is 0. The number of para-hydroxylation sites is 1. The molecule has 0 spiro atoms. The monoisotopic (exact) mass is 314 g/mol. The van der Waals surface area contributed by atoms with Gasteiger partial charge in [0.25, 0.3) is 0 Å². The average Bonchev–Trinajstić information content (AvgIpc) is 2.82. The van der Waals surface area contributed by atoms with Gasteiger partial charge in [0.15, 0.2) is 0 Å². The van der Waals surface area contributed by atoms with Crippen molar-refractivity contribution in [3.63, 3.8) is 0 Å². The number of fused-ring (bicyclic) bond motifs is 1. The van der Waals surface area contributed by atoms with Crippen molar-refractivity contribution in [3.8, 4) is 0 Å². The van der Waals surface area contributed by atoms with Gasteiger partial charge in [-0.15, -0.1) is 0 Å². The largest absolute Gasteiger partial charge is 0.330 e. The normalized spacial score (nSPS) is 10.6. The first-order valence-electron chi connectivity index (χ1n) is 5.87. The van der Waals surface area contributed by atoms with Crippen LogP contribution in [0.1, 0.15) is 0 Å². The molecule has 3 nitrogen and oxygen atoms in total. The van der Waals surface area contributed by atoms with Crippen molar-refractivity contribution < 1.29 is 4.79 Å². The molecule has 4 heteroatoms. The van der Waals surface area contributed by atoms with Crippen LogP contribution < -0.4 is 5.32 Å². The standard InChI is InChI=1S/C15H11BrN2O/c16-12-6-7-14-11(10-12)8-9-18(14)15(19)17-13-4-2-1-3-5-13/h1-10H,(H,17,19). The van der Waals surface area contributed by atoms with E-state index in [-0.39, 0.29) is 6.03 Å². The van der Waals surface area contributed by atoms with E-state index >= 15 is 0 Å². The highest BCUT2D eigenvalue weighted by Crippen LogP contribution is 2.21. The second kappa shape index (κ2) is 4.90. The minimum absolute atomic E-state index is 0.163. The number of hydrogen-bond acceptors (Lipinski definition) is 1. The van der Waals surface area contributed by atoms with Gasteiger partial charge in [-0.2, -0.15) is 0 Å². The number of aromatic nitrogens is 1. The van der Waals surface area contributed by atoms with E-state index in [1.54, 1.807) is 10.8 Å². The first-order valence-corrected chi connectivity index (χ1v) is 6.66. The predicted molar refractivity (Wildman–Crippen MR) is 80.5 cm³/mol. The van der Waals surface area contributed by atoms with Gasteiger partial charge in [0.1, 0.15) is 0 Å². The Bertz CT molecular complexity index is 734. The zero-order valence-electron chi connectivity index (χ0n) is 10.0. The van der Waals surface area contributed by atoms with Crippen molar-refractivity contribution in [1.29, 1.82) is 0 Å². The molecular formula is C15H11BrN2O. The van der Waals surface area contributed by atoms with Crippen molar-refractivity contribution in [2.45, 2.75) is 0 Å². The van der Waals surface area contributed by atoms with E-state index in [1.807, 2.05) is 54.6 Å². The van der Waals surface area contributed by atoms with Crippen LogP contribution in [0.25, 0.3) is 10.9 Å². The predicted octanol–water partition coefficient (Wildman–Crippen LogP) is 4.48. The van der Waals surface area contributed by atoms with Crippen LogP contribution in [0, 0.1) is 0 Å². The summed E-state index contributed by atoms with van der Waals surface area (Å²) in [5.74, 6) is 0. The summed E-state index contributed by atoms with van der Waals surface area (Å²) in [6, 6.07) is 17.0. The Hall–Kier alpha value is -2.07. The van der Waals surface area contributed by atoms with Crippen LogP contribution in [0.4, 0.5) is 10.5 Å². The summed E-state index contributed by atoms with van der Waals surface area (Å²) in [5.41, 5.74) is 1.67. The Labute approximate surface area is 119 Å². The molecular weight excluding hydrogens is 304 g/mol. The number of halogens is 1. The first kappa shape index (κ1) is 12.0. The molecule has 0 bridgehead atoms. The first-order chi connectivity index (χ1) is 9.24. The molecule has 19 heavy (non-hydrogen) atoms. The molecule has 0 saturated carbocycles. The summed E-state index contributed by atoms with van der Waals surface area (Å²) in [6.45, 7) is 0. The van der Waals surface area contributed by atoms with Crippen LogP contribution in [0.5, 0.6) is 0 Å². The third kappa shape index (κ3) is 2.39. The number of carbonyl (C=O) groups is 1. The third-order valence-electron chi connectivity index (χ3n) is 2.90. The molecule has 0 fully saturated rings. The van der Waals surface area contributed by atoms with E-state index < -0.39 is 0 Å². The van der Waals surface area contributed by atoms with Crippen molar-refractivity contribution in [1.82, 2.24) is 4.57 Å². The van der Waals surface area contributed by atoms with Gasteiger partial charge in [-0.1, -0.05) is 34.1 Å². The van der Waals surface area contributed by atoms with E-state index in [1.165, 1.54) is 0 Å². The minimum Gasteiger partial charge on any atom is -0.307 e. The second-order valence-corrected chi connectivity index (χ2v) is 5.10. The third-order valence-corrected chi connectivity index (χ3v) is 3.39. The molecule has 3 aromatic rings. The lowest BCUT2D eigenvalue weighted by molar-refractivity contribution is 0.254. The Balaban J connectivity index is 1.94. The van der Waals surface area contributed by atoms with E-state index in [9.17, 15) is 4.79 Å². The lowest BCUT2D eigenvalue weighted by Crippen LogP contribution is -2.18. The SMILES string of the molecule is O=C(Nc1ccccc1)n1ccc2cc(Br)ccc21. The van der Waals surface area contributed by atoms with Gasteiger partial charge in [0, 0.05) is 21.7 Å². The highest BCUT2D eigenvalue weighted by molar-refractivity contribution is 9.10. The van der Waals surface area contributed by atoms with Crippen LogP contribution in [-0.4, -0.2) is 10.6 Å². The van der Waals surface area contributed by atoms with E-state index in [0.717, 1.165) is 21.1 Å². The van der Waals surface area contributed by atoms with Crippen LogP contribution >= 0.6 is 15.9 Å². The molecule has 1 heterocycles. The summed E-state index contributed by atoms with van der Waals surface area (Å²) in [4.78, 5) is 12.2. The number of rotatable bonds is 1. The molecule has 0 aliphatic rings. The van der Waals surface area contributed by atoms with E-state index in [2.05, 4.69) is 21.2 Å². The Morgan fingerprint density at radius 3 is 2.63 bits per heavy atom. The topological polar surface area (TPSA) is 34.0 Å². The summed E-state index contributed by atoms with van der Waals surface area (Å²) >= 11 is 3.42. The molecule has 1 N–H and O–H groups in total. The molecule has 0 unspecified atom stereocenters. The lowest BCUT2D eigenvalue weighted by Gasteiger charge is -2.07. The maximum absolute atomic E-state index is 12.2. The van der Waals surface area contributed by atoms with Gasteiger partial charge in [0.2, 0.25) is 0 Å². The fourth-order valence-electron chi connectivity index (χ4n) is 2.00. The Morgan fingerprint density at radius 2 is 1.84 bits per heavy atom. The summed E-state index contributed by atoms with van der Waals surface area (Å²) in [6.07, 6.45) is 1.77. The quantitative estimate of drug-likeness (QED) is 0.705. The Morgan fingerprint density at radius 1 is 1.05 bits per heavy atom. The van der Waals surface area contributed by atoms with Crippen LogP contribution in [-0.2, 0) is 0 Å². The molecule has 0 aliphatic heterocycles. The van der Waals surface area contributed by atoms with Gasteiger partial charge in [-0.25, -0.2) is 4.79 Å². The molecule has 1 aromatic heterocycles. The van der Waals surface area contributed by atoms with Gasteiger partial charge < -0.3 is 5.32 Å². The van der Waals surface area contributed by atoms with Crippen molar-refractivity contribution >= 4 is 38.6 Å². The molecule has 3 rings (SSSR count). The van der Waals surface area contributed by atoms with E-state index in [0.29, 0.717) is 0 Å². The van der Waals surface area contributed by atoms with Crippen molar-refractivity contribution in [2.24, 2.45) is 0 Å². The fourth-order valence-corrected chi connectivity index (χ4v) is 2.37. The zero-order valence-corrected chi connectivity index (χ0v) is 11.6. The zero-order chi connectivity index (χ0) is 13.2. The maximum Gasteiger partial charge on any atom is 0.330 e. The van der Waals surface area contributed by atoms with E-state index in [4.69, 9.17) is 0 Å². The average molecular weight is 315 g/mol. The van der Waals surface area contributed by atoms with Crippen LogP contribution in [0.3, 0.4) is 0 Å². The second-order valence-electron chi connectivity index (χ2n) is 4.19. The Kier molecular flexibility index (Phi) is 3.09. The molecule has 0 atom stereocenters. The molecule has 2 aromatic carbocycles. The molecule has 1 amide bonds. The number of amides is 1. The smallest absolute Gasteiger partial charge is 0.307 e. The number of nitrogens with zero attached hydrogens (tertiary/aromatic N) is 1. The molecule has 0 radical (unpaired) electrons. The van der Waals surface area contributed by atoms with Crippen LogP contribution in [0.2, 0.25) is 0 Å². The van der Waals surface area contributed by atoms with Crippen molar-refractivity contribution in [2.75, 3.05) is 5.32 Å². The molecule has 0 saturated heterocycles. The molecule has 94 valence electrons. The number of anilines is 1. The molecule has 0 aliphatic carbocycles. The maximum atomic E-state index is 12.2. The fraction of sp³-hybridized carbons (Fsp3) is 0. The highest BCUT2D eigenvalue weighted by Gasteiger charge is 2.08. The highest BCUT2D eigenvalue weighted by atomic mass is 79.9. The number of benzene rings is 2. The summed E-state index contributed by atoms with van der Waals surface area (Å²) < 4.78 is 2.61. The van der Waals surface area contributed by atoms with Crippen LogP contribution in [0.15, 0.2) is 65.3 Å². The number of hydrogen-bond donors (Lipinski definition) is 1. The number of carbonyl (C=O) groups excluding carboxylic acids is 1. The summed E-state index contributed by atoms with van der Waals surface area (Å²) in [5, 5.41) is 3.89. The van der Waals surface area contributed by atoms with Gasteiger partial charge in [-0.05, 0) is 36.4 Å². The minimum atomic E-state index is -0.163. The van der Waals surface area contributed by atoms with Crippen molar-refractivity contribution in [3.05, 3.63) is 65.3 Å². The number of nitrogens with one attached hydrogen (secondary N) is 1. The lowest BCUT2D eigenvalue weighted by atomic mass is 10.2. The van der Waals surface area contributed by atoms with Gasteiger partial charge in [0.05, 0.1) is 5.52 Å².